The Morgan fingerprint density at radius 1 is 1.03 bits per heavy atom. The number of hydrogen-bond acceptors (Lipinski definition) is 4. The van der Waals surface area contributed by atoms with Gasteiger partial charge in [0, 0.05) is 23.5 Å². The van der Waals surface area contributed by atoms with Gasteiger partial charge in [-0.2, -0.15) is 15.1 Å². The molecule has 2 aliphatic rings. The third-order valence-corrected chi connectivity index (χ3v) is 6.53. The Labute approximate surface area is 190 Å². The lowest BCUT2D eigenvalue weighted by atomic mass is 10.1. The highest BCUT2D eigenvalue weighted by Crippen LogP contribution is 2.31. The predicted molar refractivity (Wildman–Crippen MR) is 130 cm³/mol. The van der Waals surface area contributed by atoms with E-state index in [0.717, 1.165) is 34.1 Å². The zero-order valence-corrected chi connectivity index (χ0v) is 18.6. The first kappa shape index (κ1) is 20.2. The fourth-order valence-electron chi connectivity index (χ4n) is 3.83. The standard InChI is InChI=1S/C25H21N5OS/c1-16-13-20(17(2)29(16)15-18-9-5-3-6-10-18)14-21-22(26)30-25(27-23(21)31)32-24(28-30)19-11-7-4-8-12-19/h3-14,26H,15H2,1-2H3/b21-14-,26-22?. The predicted octanol–water partition coefficient (Wildman–Crippen LogP) is 4.82. The van der Waals surface area contributed by atoms with E-state index in [-0.39, 0.29) is 11.4 Å². The summed E-state index contributed by atoms with van der Waals surface area (Å²) in [5.74, 6) is -0.364. The fourth-order valence-corrected chi connectivity index (χ4v) is 4.72. The van der Waals surface area contributed by atoms with Gasteiger partial charge in [-0.15, -0.1) is 0 Å². The number of aromatic nitrogens is 1. The Hall–Kier alpha value is -3.71. The summed E-state index contributed by atoms with van der Waals surface area (Å²) in [4.78, 5) is 17.0. The van der Waals surface area contributed by atoms with Crippen molar-refractivity contribution in [2.75, 3.05) is 0 Å². The molecule has 6 nitrogen and oxygen atoms in total. The smallest absolute Gasteiger partial charge is 0.283 e. The van der Waals surface area contributed by atoms with E-state index in [1.807, 2.05) is 61.5 Å². The fraction of sp³-hybridized carbons (Fsp3) is 0.120. The second kappa shape index (κ2) is 8.09. The Morgan fingerprint density at radius 3 is 2.44 bits per heavy atom. The van der Waals surface area contributed by atoms with E-state index >= 15 is 0 Å². The van der Waals surface area contributed by atoms with E-state index in [4.69, 9.17) is 5.41 Å². The second-order valence-electron chi connectivity index (χ2n) is 7.69. The molecule has 2 aliphatic heterocycles. The number of carbonyl (C=O) groups excluding carboxylic acids is 1. The lowest BCUT2D eigenvalue weighted by Crippen LogP contribution is -2.35. The number of thioether (sulfide) groups is 1. The maximum Gasteiger partial charge on any atom is 0.283 e. The Kier molecular flexibility index (Phi) is 5.11. The molecule has 0 saturated carbocycles. The summed E-state index contributed by atoms with van der Waals surface area (Å²) in [6.07, 6.45) is 1.76. The van der Waals surface area contributed by atoms with Gasteiger partial charge in [-0.3, -0.25) is 10.2 Å². The van der Waals surface area contributed by atoms with Crippen LogP contribution in [0.1, 0.15) is 28.1 Å². The van der Waals surface area contributed by atoms with Crippen molar-refractivity contribution >= 4 is 39.8 Å². The third-order valence-electron chi connectivity index (χ3n) is 5.57. The van der Waals surface area contributed by atoms with Gasteiger partial charge in [0.2, 0.25) is 5.17 Å². The largest absolute Gasteiger partial charge is 0.344 e. The highest BCUT2D eigenvalue weighted by atomic mass is 32.2. The number of amidine groups is 2. The number of fused-ring (bicyclic) bond motifs is 1. The van der Waals surface area contributed by atoms with Gasteiger partial charge in [-0.05, 0) is 48.9 Å². The summed E-state index contributed by atoms with van der Waals surface area (Å²) in [5.41, 5.74) is 5.43. The van der Waals surface area contributed by atoms with E-state index in [1.54, 1.807) is 6.08 Å². The van der Waals surface area contributed by atoms with Crippen LogP contribution < -0.4 is 0 Å². The van der Waals surface area contributed by atoms with Crippen LogP contribution in [0.4, 0.5) is 0 Å². The summed E-state index contributed by atoms with van der Waals surface area (Å²) in [6.45, 7) is 4.84. The van der Waals surface area contributed by atoms with Crippen LogP contribution in [0.2, 0.25) is 0 Å². The first-order valence-corrected chi connectivity index (χ1v) is 11.1. The van der Waals surface area contributed by atoms with Crippen molar-refractivity contribution in [2.45, 2.75) is 20.4 Å². The van der Waals surface area contributed by atoms with Crippen LogP contribution in [0.25, 0.3) is 6.08 Å². The average Bonchev–Trinajstić information content (AvgIpc) is 3.34. The number of aryl methyl sites for hydroxylation is 1. The number of nitrogens with one attached hydrogen (secondary N) is 1. The Morgan fingerprint density at radius 2 is 1.72 bits per heavy atom. The topological polar surface area (TPSA) is 73.8 Å². The number of hydrogen-bond donors (Lipinski definition) is 1. The molecule has 2 aromatic carbocycles. The molecule has 1 N–H and O–H groups in total. The summed E-state index contributed by atoms with van der Waals surface area (Å²) in [7, 11) is 0. The highest BCUT2D eigenvalue weighted by Gasteiger charge is 2.36. The normalized spacial score (nSPS) is 16.9. The molecular weight excluding hydrogens is 418 g/mol. The molecule has 5 rings (SSSR count). The van der Waals surface area contributed by atoms with Gasteiger partial charge in [-0.1, -0.05) is 60.7 Å². The van der Waals surface area contributed by atoms with E-state index in [2.05, 4.69) is 33.7 Å². The molecule has 158 valence electrons. The van der Waals surface area contributed by atoms with Crippen molar-refractivity contribution in [1.82, 2.24) is 9.58 Å². The molecule has 0 radical (unpaired) electrons. The van der Waals surface area contributed by atoms with Crippen molar-refractivity contribution in [3.63, 3.8) is 0 Å². The van der Waals surface area contributed by atoms with Crippen LogP contribution in [-0.4, -0.2) is 31.5 Å². The number of hydrazone groups is 1. The number of benzene rings is 2. The van der Waals surface area contributed by atoms with Gasteiger partial charge in [0.1, 0.15) is 5.04 Å². The van der Waals surface area contributed by atoms with Gasteiger partial charge in [0.05, 0.1) is 5.57 Å². The summed E-state index contributed by atoms with van der Waals surface area (Å²) >= 11 is 1.31. The first-order chi connectivity index (χ1) is 15.5. The Balaban J connectivity index is 1.47. The second-order valence-corrected chi connectivity index (χ2v) is 8.65. The molecule has 0 saturated heterocycles. The molecule has 1 amide bonds. The first-order valence-electron chi connectivity index (χ1n) is 10.3. The maximum atomic E-state index is 12.8. The number of amides is 1. The minimum Gasteiger partial charge on any atom is -0.344 e. The zero-order chi connectivity index (χ0) is 22.2. The lowest BCUT2D eigenvalue weighted by Gasteiger charge is -2.20. The molecule has 3 aromatic rings. The molecule has 0 atom stereocenters. The van der Waals surface area contributed by atoms with Crippen LogP contribution in [-0.2, 0) is 11.3 Å². The van der Waals surface area contributed by atoms with Crippen molar-refractivity contribution in [3.05, 3.63) is 100 Å². The van der Waals surface area contributed by atoms with E-state index < -0.39 is 5.91 Å². The molecule has 0 fully saturated rings. The van der Waals surface area contributed by atoms with Crippen molar-refractivity contribution in [3.8, 4) is 0 Å². The number of aliphatic imine (C=N–C) groups is 1. The molecule has 0 unspecified atom stereocenters. The number of carbonyl (C=O) groups is 1. The number of nitrogens with zero attached hydrogens (tertiary/aromatic N) is 4. The van der Waals surface area contributed by atoms with E-state index in [1.165, 1.54) is 22.3 Å². The highest BCUT2D eigenvalue weighted by molar-refractivity contribution is 8.27. The van der Waals surface area contributed by atoms with Crippen molar-refractivity contribution < 1.29 is 4.79 Å². The van der Waals surface area contributed by atoms with Gasteiger partial charge in [0.15, 0.2) is 5.84 Å². The van der Waals surface area contributed by atoms with E-state index in [0.29, 0.717) is 5.17 Å². The van der Waals surface area contributed by atoms with Gasteiger partial charge < -0.3 is 4.57 Å². The van der Waals surface area contributed by atoms with Crippen molar-refractivity contribution in [2.24, 2.45) is 10.1 Å². The summed E-state index contributed by atoms with van der Waals surface area (Å²) in [6, 6.07) is 22.0. The summed E-state index contributed by atoms with van der Waals surface area (Å²) < 4.78 is 2.21. The molecule has 32 heavy (non-hydrogen) atoms. The molecule has 7 heteroatoms. The lowest BCUT2D eigenvalue weighted by molar-refractivity contribution is -0.114. The maximum absolute atomic E-state index is 12.8. The molecule has 0 bridgehead atoms. The van der Waals surface area contributed by atoms with Gasteiger partial charge in [0.25, 0.3) is 5.91 Å². The molecule has 3 heterocycles. The molecule has 0 spiro atoms. The van der Waals surface area contributed by atoms with Crippen LogP contribution >= 0.6 is 11.8 Å². The molecular formula is C25H21N5OS. The van der Waals surface area contributed by atoms with Crippen LogP contribution in [0.5, 0.6) is 0 Å². The van der Waals surface area contributed by atoms with Crippen molar-refractivity contribution in [1.29, 1.82) is 5.41 Å². The monoisotopic (exact) mass is 439 g/mol. The summed E-state index contributed by atoms with van der Waals surface area (Å²) in [5, 5.41) is 15.8. The van der Waals surface area contributed by atoms with Crippen LogP contribution in [0.15, 0.2) is 82.4 Å². The van der Waals surface area contributed by atoms with Gasteiger partial charge >= 0.3 is 0 Å². The Bertz CT molecular complexity index is 1320. The molecule has 0 aliphatic carbocycles. The van der Waals surface area contributed by atoms with E-state index in [9.17, 15) is 4.79 Å². The third kappa shape index (κ3) is 3.61. The minimum atomic E-state index is -0.411. The zero-order valence-electron chi connectivity index (χ0n) is 17.7. The quantitative estimate of drug-likeness (QED) is 0.592. The SMILES string of the molecule is Cc1cc(/C=C2/C(=N)N3N=C(c4ccccc4)SC3=NC2=O)c(C)n1Cc1ccccc1. The van der Waals surface area contributed by atoms with Crippen LogP contribution in [0, 0.1) is 19.3 Å². The van der Waals surface area contributed by atoms with Gasteiger partial charge in [-0.25, -0.2) is 0 Å². The minimum absolute atomic E-state index is 0.0475. The number of rotatable bonds is 4. The average molecular weight is 440 g/mol. The van der Waals surface area contributed by atoms with Crippen LogP contribution in [0.3, 0.4) is 0 Å². The molecule has 1 aromatic heterocycles.